The Kier molecular flexibility index (Phi) is 3.61. The number of nitriles is 1. The molecule has 2 heteroatoms. The molecule has 0 aromatic heterocycles. The number of para-hydroxylation sites is 1. The number of piperidine rings is 1. The van der Waals surface area contributed by atoms with Gasteiger partial charge < -0.3 is 4.90 Å². The lowest BCUT2D eigenvalue weighted by molar-refractivity contribution is 0.226. The Morgan fingerprint density at radius 3 is 2.72 bits per heavy atom. The average molecular weight is 242 g/mol. The zero-order chi connectivity index (χ0) is 13.2. The monoisotopic (exact) mass is 242 g/mol. The summed E-state index contributed by atoms with van der Waals surface area (Å²) in [6, 6.07) is 11.1. The van der Waals surface area contributed by atoms with Crippen LogP contribution >= 0.6 is 0 Å². The molecule has 1 fully saturated rings. The fourth-order valence-electron chi connectivity index (χ4n) is 2.92. The first-order valence-corrected chi connectivity index (χ1v) is 6.81. The summed E-state index contributed by atoms with van der Waals surface area (Å²) in [6.07, 6.45) is 2.04. The molecule has 1 aromatic carbocycles. The zero-order valence-electron chi connectivity index (χ0n) is 11.6. The summed E-state index contributed by atoms with van der Waals surface area (Å²) in [5.41, 5.74) is 2.83. The zero-order valence-corrected chi connectivity index (χ0v) is 11.6. The van der Waals surface area contributed by atoms with E-state index in [1.54, 1.807) is 0 Å². The van der Waals surface area contributed by atoms with Crippen LogP contribution < -0.4 is 4.90 Å². The minimum absolute atomic E-state index is 0.0772. The highest BCUT2D eigenvalue weighted by Gasteiger charge is 2.36. The minimum Gasteiger partial charge on any atom is -0.371 e. The lowest BCUT2D eigenvalue weighted by Gasteiger charge is -2.43. The smallest absolute Gasteiger partial charge is 0.0662 e. The number of hydrogen-bond donors (Lipinski definition) is 0. The molecule has 0 spiro atoms. The van der Waals surface area contributed by atoms with Crippen LogP contribution in [0.2, 0.25) is 0 Å². The number of anilines is 1. The molecule has 0 bridgehead atoms. The SMILES string of the molecule is CCc1ccccc1N1CCC(C#N)C(C)(C)C1. The van der Waals surface area contributed by atoms with E-state index in [0.717, 1.165) is 25.9 Å². The van der Waals surface area contributed by atoms with Crippen LogP contribution in [0.5, 0.6) is 0 Å². The summed E-state index contributed by atoms with van der Waals surface area (Å²) in [5, 5.41) is 9.22. The predicted molar refractivity (Wildman–Crippen MR) is 75.5 cm³/mol. The number of benzene rings is 1. The molecule has 1 aromatic rings. The maximum atomic E-state index is 9.22. The molecule has 1 aliphatic rings. The maximum absolute atomic E-state index is 9.22. The van der Waals surface area contributed by atoms with Gasteiger partial charge in [0.15, 0.2) is 0 Å². The first-order valence-electron chi connectivity index (χ1n) is 6.81. The van der Waals surface area contributed by atoms with E-state index in [1.165, 1.54) is 11.3 Å². The quantitative estimate of drug-likeness (QED) is 0.792. The lowest BCUT2D eigenvalue weighted by Crippen LogP contribution is -2.45. The molecule has 1 saturated heterocycles. The van der Waals surface area contributed by atoms with Crippen molar-refractivity contribution in [3.63, 3.8) is 0 Å². The van der Waals surface area contributed by atoms with Crippen LogP contribution in [0.15, 0.2) is 24.3 Å². The normalized spacial score (nSPS) is 22.6. The molecule has 2 rings (SSSR count). The molecule has 0 radical (unpaired) electrons. The second-order valence-electron chi connectivity index (χ2n) is 5.86. The van der Waals surface area contributed by atoms with Gasteiger partial charge in [0, 0.05) is 18.8 Å². The Hall–Kier alpha value is -1.49. The molecule has 0 amide bonds. The van der Waals surface area contributed by atoms with Gasteiger partial charge in [0.1, 0.15) is 0 Å². The molecule has 1 heterocycles. The Labute approximate surface area is 110 Å². The summed E-state index contributed by atoms with van der Waals surface area (Å²) < 4.78 is 0. The summed E-state index contributed by atoms with van der Waals surface area (Å²) in [4.78, 5) is 2.45. The molecular weight excluding hydrogens is 220 g/mol. The van der Waals surface area contributed by atoms with E-state index in [4.69, 9.17) is 0 Å². The van der Waals surface area contributed by atoms with E-state index in [2.05, 4.69) is 56.0 Å². The van der Waals surface area contributed by atoms with Crippen LogP contribution in [0.1, 0.15) is 32.8 Å². The summed E-state index contributed by atoms with van der Waals surface area (Å²) >= 11 is 0. The molecule has 96 valence electrons. The van der Waals surface area contributed by atoms with Crippen molar-refractivity contribution in [1.29, 1.82) is 5.26 Å². The Morgan fingerprint density at radius 1 is 1.39 bits per heavy atom. The molecule has 1 unspecified atom stereocenters. The highest BCUT2D eigenvalue weighted by Crippen LogP contribution is 2.37. The average Bonchev–Trinajstić information content (AvgIpc) is 2.37. The van der Waals surface area contributed by atoms with Crippen LogP contribution in [0.3, 0.4) is 0 Å². The van der Waals surface area contributed by atoms with Crippen molar-refractivity contribution in [2.24, 2.45) is 11.3 Å². The van der Waals surface area contributed by atoms with Crippen molar-refractivity contribution < 1.29 is 0 Å². The topological polar surface area (TPSA) is 27.0 Å². The Bertz CT molecular complexity index is 456. The van der Waals surface area contributed by atoms with Gasteiger partial charge in [-0.25, -0.2) is 0 Å². The van der Waals surface area contributed by atoms with Gasteiger partial charge in [0.25, 0.3) is 0 Å². The van der Waals surface area contributed by atoms with E-state index in [-0.39, 0.29) is 11.3 Å². The third-order valence-electron chi connectivity index (χ3n) is 4.10. The van der Waals surface area contributed by atoms with Crippen LogP contribution in [-0.4, -0.2) is 13.1 Å². The van der Waals surface area contributed by atoms with Gasteiger partial charge >= 0.3 is 0 Å². The van der Waals surface area contributed by atoms with Gasteiger partial charge in [-0.2, -0.15) is 5.26 Å². The number of rotatable bonds is 2. The predicted octanol–water partition coefficient (Wildman–Crippen LogP) is 3.63. The van der Waals surface area contributed by atoms with Gasteiger partial charge in [0.2, 0.25) is 0 Å². The Balaban J connectivity index is 2.24. The Morgan fingerprint density at radius 2 is 2.11 bits per heavy atom. The van der Waals surface area contributed by atoms with E-state index in [0.29, 0.717) is 0 Å². The van der Waals surface area contributed by atoms with Gasteiger partial charge in [0.05, 0.1) is 12.0 Å². The summed E-state index contributed by atoms with van der Waals surface area (Å²) in [6.45, 7) is 8.59. The number of hydrogen-bond acceptors (Lipinski definition) is 2. The van der Waals surface area contributed by atoms with E-state index in [1.807, 2.05) is 0 Å². The lowest BCUT2D eigenvalue weighted by atomic mass is 9.74. The van der Waals surface area contributed by atoms with Crippen LogP contribution in [0, 0.1) is 22.7 Å². The summed E-state index contributed by atoms with van der Waals surface area (Å²) in [7, 11) is 0. The highest BCUT2D eigenvalue weighted by molar-refractivity contribution is 5.54. The molecule has 0 N–H and O–H groups in total. The number of aryl methyl sites for hydroxylation is 1. The van der Waals surface area contributed by atoms with Crippen molar-refractivity contribution in [3.8, 4) is 6.07 Å². The third-order valence-corrected chi connectivity index (χ3v) is 4.10. The molecule has 0 saturated carbocycles. The fourth-order valence-corrected chi connectivity index (χ4v) is 2.92. The highest BCUT2D eigenvalue weighted by atomic mass is 15.1. The fraction of sp³-hybridized carbons (Fsp3) is 0.562. The van der Waals surface area contributed by atoms with Crippen molar-refractivity contribution in [2.75, 3.05) is 18.0 Å². The second kappa shape index (κ2) is 5.02. The molecular formula is C16H22N2. The van der Waals surface area contributed by atoms with Crippen LogP contribution in [0.4, 0.5) is 5.69 Å². The van der Waals surface area contributed by atoms with Crippen molar-refractivity contribution >= 4 is 5.69 Å². The van der Waals surface area contributed by atoms with Gasteiger partial charge in [-0.1, -0.05) is 39.0 Å². The van der Waals surface area contributed by atoms with E-state index >= 15 is 0 Å². The second-order valence-corrected chi connectivity index (χ2v) is 5.86. The first-order chi connectivity index (χ1) is 8.58. The van der Waals surface area contributed by atoms with E-state index < -0.39 is 0 Å². The van der Waals surface area contributed by atoms with Gasteiger partial charge in [-0.05, 0) is 29.9 Å². The molecule has 2 nitrogen and oxygen atoms in total. The molecule has 0 aliphatic carbocycles. The van der Waals surface area contributed by atoms with E-state index in [9.17, 15) is 5.26 Å². The standard InChI is InChI=1S/C16H22N2/c1-4-13-7-5-6-8-15(13)18-10-9-14(11-17)16(2,3)12-18/h5-8,14H,4,9-10,12H2,1-3H3. The first kappa shape index (κ1) is 13.0. The van der Waals surface area contributed by atoms with Crippen molar-refractivity contribution in [2.45, 2.75) is 33.6 Å². The van der Waals surface area contributed by atoms with Crippen molar-refractivity contribution in [3.05, 3.63) is 29.8 Å². The van der Waals surface area contributed by atoms with Crippen LogP contribution in [-0.2, 0) is 6.42 Å². The molecule has 1 aliphatic heterocycles. The minimum atomic E-state index is 0.0772. The molecule has 18 heavy (non-hydrogen) atoms. The van der Waals surface area contributed by atoms with Crippen LogP contribution in [0.25, 0.3) is 0 Å². The largest absolute Gasteiger partial charge is 0.371 e. The van der Waals surface area contributed by atoms with Crippen molar-refractivity contribution in [1.82, 2.24) is 0 Å². The number of nitrogens with zero attached hydrogens (tertiary/aromatic N) is 2. The maximum Gasteiger partial charge on any atom is 0.0662 e. The third kappa shape index (κ3) is 2.36. The van der Waals surface area contributed by atoms with Gasteiger partial charge in [-0.3, -0.25) is 0 Å². The molecule has 1 atom stereocenters. The van der Waals surface area contributed by atoms with Gasteiger partial charge in [-0.15, -0.1) is 0 Å². The summed E-state index contributed by atoms with van der Waals surface area (Å²) in [5.74, 6) is 0.183.